The third-order valence-corrected chi connectivity index (χ3v) is 5.92. The van der Waals surface area contributed by atoms with Crippen LogP contribution in [0.5, 0.6) is 0 Å². The number of cyclic esters (lactones) is 1. The summed E-state index contributed by atoms with van der Waals surface area (Å²) in [6, 6.07) is 13.4. The first-order valence-corrected chi connectivity index (χ1v) is 9.14. The second-order valence-corrected chi connectivity index (χ2v) is 7.43. The molecule has 0 amide bonds. The van der Waals surface area contributed by atoms with E-state index in [9.17, 15) is 9.59 Å². The molecule has 0 saturated carbocycles. The summed E-state index contributed by atoms with van der Waals surface area (Å²) in [7, 11) is 0. The number of esters is 2. The summed E-state index contributed by atoms with van der Waals surface area (Å²) in [6.07, 6.45) is 0.605. The van der Waals surface area contributed by atoms with Gasteiger partial charge >= 0.3 is 11.9 Å². The van der Waals surface area contributed by atoms with Crippen molar-refractivity contribution < 1.29 is 19.1 Å². The first kappa shape index (κ1) is 16.1. The summed E-state index contributed by atoms with van der Waals surface area (Å²) in [4.78, 5) is 24.0. The van der Waals surface area contributed by atoms with Gasteiger partial charge in [-0.15, -0.1) is 11.3 Å². The third kappa shape index (κ3) is 3.95. The fourth-order valence-electron chi connectivity index (χ4n) is 2.27. The molecule has 1 unspecified atom stereocenters. The van der Waals surface area contributed by atoms with Crippen LogP contribution in [-0.4, -0.2) is 16.9 Å². The molecule has 120 valence electrons. The Bertz CT molecular complexity index is 669. The maximum Gasteiger partial charge on any atom is 0.361 e. The maximum atomic E-state index is 12.5. The Morgan fingerprint density at radius 3 is 2.74 bits per heavy atom. The van der Waals surface area contributed by atoms with Crippen molar-refractivity contribution in [3.63, 3.8) is 0 Å². The lowest BCUT2D eigenvalue weighted by atomic mass is 10.2. The van der Waals surface area contributed by atoms with E-state index in [0.717, 1.165) is 10.4 Å². The zero-order valence-corrected chi connectivity index (χ0v) is 14.0. The minimum absolute atomic E-state index is 0.179. The summed E-state index contributed by atoms with van der Waals surface area (Å²) >= 11 is 2.94. The second-order valence-electron chi connectivity index (χ2n) is 5.16. The van der Waals surface area contributed by atoms with Crippen molar-refractivity contribution in [3.8, 4) is 0 Å². The Morgan fingerprint density at radius 2 is 2.09 bits per heavy atom. The Labute approximate surface area is 142 Å². The van der Waals surface area contributed by atoms with Gasteiger partial charge in [-0.2, -0.15) is 0 Å². The molecule has 0 spiro atoms. The summed E-state index contributed by atoms with van der Waals surface area (Å²) in [5.74, 6) is -0.208. The zero-order chi connectivity index (χ0) is 16.1. The van der Waals surface area contributed by atoms with E-state index in [1.165, 1.54) is 11.8 Å². The van der Waals surface area contributed by atoms with Crippen molar-refractivity contribution in [2.75, 3.05) is 0 Å². The Morgan fingerprint density at radius 1 is 1.26 bits per heavy atom. The van der Waals surface area contributed by atoms with Crippen LogP contribution in [0.2, 0.25) is 0 Å². The predicted octanol–water partition coefficient (Wildman–Crippen LogP) is 3.76. The van der Waals surface area contributed by atoms with Gasteiger partial charge in [-0.05, 0) is 17.0 Å². The van der Waals surface area contributed by atoms with Gasteiger partial charge in [-0.3, -0.25) is 4.79 Å². The third-order valence-electron chi connectivity index (χ3n) is 3.49. The molecule has 6 heteroatoms. The van der Waals surface area contributed by atoms with Crippen LogP contribution >= 0.6 is 23.1 Å². The van der Waals surface area contributed by atoms with Gasteiger partial charge in [-0.25, -0.2) is 4.79 Å². The van der Waals surface area contributed by atoms with Crippen molar-refractivity contribution in [2.24, 2.45) is 0 Å². The first-order chi connectivity index (χ1) is 11.2. The van der Waals surface area contributed by atoms with Gasteiger partial charge < -0.3 is 9.47 Å². The van der Waals surface area contributed by atoms with Gasteiger partial charge in [0.05, 0.1) is 6.42 Å². The van der Waals surface area contributed by atoms with E-state index in [2.05, 4.69) is 0 Å². The Hall–Kier alpha value is -1.79. The average Bonchev–Trinajstić information content (AvgIpc) is 3.22. The molecule has 0 radical (unpaired) electrons. The Kier molecular flexibility index (Phi) is 5.03. The van der Waals surface area contributed by atoms with Gasteiger partial charge in [0.15, 0.2) is 0 Å². The molecule has 1 aliphatic rings. The monoisotopic (exact) mass is 348 g/mol. The van der Waals surface area contributed by atoms with Crippen LogP contribution < -0.4 is 0 Å². The number of benzene rings is 1. The summed E-state index contributed by atoms with van der Waals surface area (Å²) in [5, 5.41) is 1.98. The molecule has 4 nitrogen and oxygen atoms in total. The molecule has 1 aliphatic heterocycles. The quantitative estimate of drug-likeness (QED) is 0.744. The molecule has 1 atom stereocenters. The zero-order valence-electron chi connectivity index (χ0n) is 12.4. The topological polar surface area (TPSA) is 52.6 Å². The number of ether oxygens (including phenoxy) is 2. The molecular formula is C17H16O4S2. The molecular weight excluding hydrogens is 332 g/mol. The van der Waals surface area contributed by atoms with Gasteiger partial charge in [0, 0.05) is 17.1 Å². The van der Waals surface area contributed by atoms with Crippen LogP contribution in [0.1, 0.15) is 23.3 Å². The summed E-state index contributed by atoms with van der Waals surface area (Å²) in [5.41, 5.74) is 0.906. The molecule has 1 aromatic heterocycles. The first-order valence-electron chi connectivity index (χ1n) is 7.27. The van der Waals surface area contributed by atoms with Crippen LogP contribution in [0.4, 0.5) is 0 Å². The molecule has 2 aromatic rings. The molecule has 1 fully saturated rings. The lowest BCUT2D eigenvalue weighted by Gasteiger charge is -2.24. The average molecular weight is 348 g/mol. The standard InChI is InChI=1S/C17H16O4S2/c18-15-8-9-17(21-15,23-12-14-7-4-10-22-14)16(19)20-11-13-5-2-1-3-6-13/h1-7,10H,8-9,11-12H2. The number of carbonyl (C=O) groups is 2. The van der Waals surface area contributed by atoms with E-state index >= 15 is 0 Å². The molecule has 0 N–H and O–H groups in total. The summed E-state index contributed by atoms with van der Waals surface area (Å²) < 4.78 is 10.8. The molecule has 0 aliphatic carbocycles. The SMILES string of the molecule is O=C1CCC(SCc2cccs2)(C(=O)OCc2ccccc2)O1. The van der Waals surface area contributed by atoms with Gasteiger partial charge in [-0.1, -0.05) is 48.2 Å². The van der Waals surface area contributed by atoms with Gasteiger partial charge in [0.2, 0.25) is 0 Å². The van der Waals surface area contributed by atoms with Crippen molar-refractivity contribution in [1.29, 1.82) is 0 Å². The molecule has 3 rings (SSSR count). The van der Waals surface area contributed by atoms with Crippen molar-refractivity contribution in [1.82, 2.24) is 0 Å². The molecule has 2 heterocycles. The van der Waals surface area contributed by atoms with E-state index < -0.39 is 10.9 Å². The van der Waals surface area contributed by atoms with E-state index in [-0.39, 0.29) is 19.0 Å². The van der Waals surface area contributed by atoms with Crippen LogP contribution in [0.3, 0.4) is 0 Å². The number of thioether (sulfide) groups is 1. The number of carbonyl (C=O) groups excluding carboxylic acids is 2. The highest BCUT2D eigenvalue weighted by Crippen LogP contribution is 2.41. The van der Waals surface area contributed by atoms with Gasteiger partial charge in [0.25, 0.3) is 4.93 Å². The van der Waals surface area contributed by atoms with Crippen molar-refractivity contribution >= 4 is 35.0 Å². The fraction of sp³-hybridized carbons (Fsp3) is 0.294. The highest BCUT2D eigenvalue weighted by atomic mass is 32.2. The minimum Gasteiger partial charge on any atom is -0.457 e. The smallest absolute Gasteiger partial charge is 0.361 e. The molecule has 23 heavy (non-hydrogen) atoms. The second kappa shape index (κ2) is 7.19. The van der Waals surface area contributed by atoms with Crippen LogP contribution in [0, 0.1) is 0 Å². The van der Waals surface area contributed by atoms with Crippen molar-refractivity contribution in [2.45, 2.75) is 30.1 Å². The normalized spacial score (nSPS) is 20.3. The number of hydrogen-bond donors (Lipinski definition) is 0. The lowest BCUT2D eigenvalue weighted by Crippen LogP contribution is -2.36. The minimum atomic E-state index is -1.21. The van der Waals surface area contributed by atoms with E-state index in [1.807, 2.05) is 47.8 Å². The van der Waals surface area contributed by atoms with E-state index in [0.29, 0.717) is 12.2 Å². The fourth-order valence-corrected chi connectivity index (χ4v) is 4.26. The van der Waals surface area contributed by atoms with Gasteiger partial charge in [0.1, 0.15) is 6.61 Å². The van der Waals surface area contributed by atoms with E-state index in [1.54, 1.807) is 11.3 Å². The van der Waals surface area contributed by atoms with E-state index in [4.69, 9.17) is 9.47 Å². The number of hydrogen-bond acceptors (Lipinski definition) is 6. The predicted molar refractivity (Wildman–Crippen MR) is 89.9 cm³/mol. The largest absolute Gasteiger partial charge is 0.457 e. The van der Waals surface area contributed by atoms with Crippen molar-refractivity contribution in [3.05, 3.63) is 58.3 Å². The van der Waals surface area contributed by atoms with Crippen LogP contribution in [0.15, 0.2) is 47.8 Å². The lowest BCUT2D eigenvalue weighted by molar-refractivity contribution is -0.165. The van der Waals surface area contributed by atoms with Crippen LogP contribution in [-0.2, 0) is 31.4 Å². The Balaban J connectivity index is 1.65. The highest BCUT2D eigenvalue weighted by molar-refractivity contribution is 8.00. The number of thiophene rings is 1. The molecule has 0 bridgehead atoms. The molecule has 1 saturated heterocycles. The van der Waals surface area contributed by atoms with Crippen LogP contribution in [0.25, 0.3) is 0 Å². The number of rotatable bonds is 6. The highest BCUT2D eigenvalue weighted by Gasteiger charge is 2.49. The summed E-state index contributed by atoms with van der Waals surface area (Å²) in [6.45, 7) is 0.179. The maximum absolute atomic E-state index is 12.5. The molecule has 1 aromatic carbocycles.